The molecular weight excluding hydrogens is 309 g/mol. The van der Waals surface area contributed by atoms with Crippen LogP contribution in [0.4, 0.5) is 18.9 Å². The summed E-state index contributed by atoms with van der Waals surface area (Å²) in [6.45, 7) is 3.92. The summed E-state index contributed by atoms with van der Waals surface area (Å²) in [7, 11) is 0. The summed E-state index contributed by atoms with van der Waals surface area (Å²) in [5.74, 6) is 0.827. The smallest absolute Gasteiger partial charge is 0.334 e. The molecule has 20 heavy (non-hydrogen) atoms. The zero-order chi connectivity index (χ0) is 15.0. The number of halogens is 4. The van der Waals surface area contributed by atoms with Crippen LogP contribution in [0.3, 0.4) is 0 Å². The van der Waals surface area contributed by atoms with Gasteiger partial charge < -0.3 is 5.32 Å². The molecule has 110 valence electrons. The highest BCUT2D eigenvalue weighted by molar-refractivity contribution is 8.14. The number of hydrogen-bond acceptors (Lipinski definition) is 3. The summed E-state index contributed by atoms with van der Waals surface area (Å²) >= 11 is 7.07. The number of alkyl halides is 3. The molecule has 0 aliphatic carbocycles. The fourth-order valence-corrected chi connectivity index (χ4v) is 3.26. The number of hydrogen-bond donors (Lipinski definition) is 1. The fraction of sp³-hybridized carbons (Fsp3) is 0.462. The molecule has 1 aliphatic heterocycles. The van der Waals surface area contributed by atoms with Gasteiger partial charge in [0.25, 0.3) is 0 Å². The van der Waals surface area contributed by atoms with Crippen molar-refractivity contribution >= 4 is 34.2 Å². The van der Waals surface area contributed by atoms with Gasteiger partial charge in [0, 0.05) is 10.8 Å². The van der Waals surface area contributed by atoms with Crippen LogP contribution in [-0.2, 0) is 6.18 Å². The van der Waals surface area contributed by atoms with Crippen molar-refractivity contribution in [2.24, 2.45) is 4.99 Å². The molecule has 1 N–H and O–H groups in total. The number of rotatable bonds is 1. The van der Waals surface area contributed by atoms with Crippen molar-refractivity contribution < 1.29 is 13.2 Å². The lowest BCUT2D eigenvalue weighted by Gasteiger charge is -2.27. The first-order valence-corrected chi connectivity index (χ1v) is 7.40. The Morgan fingerprint density at radius 2 is 2.05 bits per heavy atom. The molecule has 0 saturated carbocycles. The molecule has 0 saturated heterocycles. The summed E-state index contributed by atoms with van der Waals surface area (Å²) in [6.07, 6.45) is -3.56. The van der Waals surface area contributed by atoms with Crippen molar-refractivity contribution in [1.82, 2.24) is 0 Å². The second kappa shape index (κ2) is 5.48. The molecule has 0 aromatic heterocycles. The lowest BCUT2D eigenvalue weighted by atomic mass is 10.0. The van der Waals surface area contributed by atoms with Crippen molar-refractivity contribution in [3.8, 4) is 0 Å². The molecule has 0 unspecified atom stereocenters. The molecule has 0 amide bonds. The SMILES string of the molecule is CC1(C)CCSC(Nc2ccc(Cl)cc2C(F)(F)F)=N1. The van der Waals surface area contributed by atoms with E-state index < -0.39 is 11.7 Å². The van der Waals surface area contributed by atoms with Crippen molar-refractivity contribution in [2.45, 2.75) is 32.0 Å². The van der Waals surface area contributed by atoms with Crippen molar-refractivity contribution in [3.63, 3.8) is 0 Å². The highest BCUT2D eigenvalue weighted by Gasteiger charge is 2.34. The summed E-state index contributed by atoms with van der Waals surface area (Å²) in [6, 6.07) is 3.68. The van der Waals surface area contributed by atoms with E-state index in [0.29, 0.717) is 5.17 Å². The minimum Gasteiger partial charge on any atom is -0.334 e. The Hall–Kier alpha value is -0.880. The molecule has 0 atom stereocenters. The number of nitrogens with one attached hydrogen (secondary N) is 1. The van der Waals surface area contributed by atoms with Crippen molar-refractivity contribution in [2.75, 3.05) is 11.1 Å². The van der Waals surface area contributed by atoms with Gasteiger partial charge in [0.1, 0.15) is 0 Å². The molecule has 2 rings (SSSR count). The van der Waals surface area contributed by atoms with Crippen LogP contribution in [0.1, 0.15) is 25.8 Å². The first-order valence-electron chi connectivity index (χ1n) is 6.04. The van der Waals surface area contributed by atoms with Crippen LogP contribution in [0.5, 0.6) is 0 Å². The Morgan fingerprint density at radius 1 is 1.35 bits per heavy atom. The third-order valence-electron chi connectivity index (χ3n) is 2.89. The van der Waals surface area contributed by atoms with Gasteiger partial charge in [-0.25, -0.2) is 0 Å². The van der Waals surface area contributed by atoms with E-state index in [9.17, 15) is 13.2 Å². The molecule has 7 heteroatoms. The molecule has 0 spiro atoms. The van der Waals surface area contributed by atoms with Crippen LogP contribution in [0.15, 0.2) is 23.2 Å². The van der Waals surface area contributed by atoms with Gasteiger partial charge in [0.2, 0.25) is 0 Å². The highest BCUT2D eigenvalue weighted by Crippen LogP contribution is 2.37. The predicted molar refractivity (Wildman–Crippen MR) is 78.7 cm³/mol. The first-order chi connectivity index (χ1) is 9.17. The third-order valence-corrected chi connectivity index (χ3v) is 4.00. The van der Waals surface area contributed by atoms with Crippen molar-refractivity contribution in [1.29, 1.82) is 0 Å². The fourth-order valence-electron chi connectivity index (χ4n) is 1.80. The second-order valence-electron chi connectivity index (χ2n) is 5.14. The quantitative estimate of drug-likeness (QED) is 0.783. The number of thioether (sulfide) groups is 1. The maximum absolute atomic E-state index is 13.0. The number of aliphatic imine (C=N–C) groups is 1. The number of nitrogens with zero attached hydrogens (tertiary/aromatic N) is 1. The van der Waals surface area contributed by atoms with E-state index in [2.05, 4.69) is 10.3 Å². The van der Waals surface area contributed by atoms with Crippen LogP contribution in [-0.4, -0.2) is 16.5 Å². The van der Waals surface area contributed by atoms with Gasteiger partial charge in [0.15, 0.2) is 5.17 Å². The molecule has 1 aliphatic rings. The number of anilines is 1. The van der Waals surface area contributed by atoms with E-state index in [-0.39, 0.29) is 16.2 Å². The number of amidine groups is 1. The van der Waals surface area contributed by atoms with Crippen LogP contribution in [0.2, 0.25) is 5.02 Å². The van der Waals surface area contributed by atoms with E-state index in [4.69, 9.17) is 11.6 Å². The standard InChI is InChI=1S/C13H14ClF3N2S/c1-12(2)5-6-20-11(19-12)18-10-4-3-8(14)7-9(10)13(15,16)17/h3-4,7H,5-6H2,1-2H3,(H,18,19). The van der Waals surface area contributed by atoms with Crippen LogP contribution < -0.4 is 5.32 Å². The lowest BCUT2D eigenvalue weighted by molar-refractivity contribution is -0.136. The normalized spacial score (nSPS) is 18.6. The summed E-state index contributed by atoms with van der Waals surface area (Å²) in [4.78, 5) is 4.42. The largest absolute Gasteiger partial charge is 0.418 e. The Bertz CT molecular complexity index is 541. The van der Waals surface area contributed by atoms with Gasteiger partial charge >= 0.3 is 6.18 Å². The Kier molecular flexibility index (Phi) is 4.25. The maximum Gasteiger partial charge on any atom is 0.418 e. The highest BCUT2D eigenvalue weighted by atomic mass is 35.5. The van der Waals surface area contributed by atoms with Gasteiger partial charge in [-0.3, -0.25) is 4.99 Å². The van der Waals surface area contributed by atoms with Crippen molar-refractivity contribution in [3.05, 3.63) is 28.8 Å². The van der Waals surface area contributed by atoms with E-state index in [1.54, 1.807) is 0 Å². The minimum atomic E-state index is -4.46. The van der Waals surface area contributed by atoms with E-state index in [1.807, 2.05) is 13.8 Å². The average Bonchev–Trinajstić information content (AvgIpc) is 2.29. The van der Waals surface area contributed by atoms with Crippen LogP contribution in [0, 0.1) is 0 Å². The summed E-state index contributed by atoms with van der Waals surface area (Å²) < 4.78 is 39.0. The van der Waals surface area contributed by atoms with Gasteiger partial charge in [-0.1, -0.05) is 23.4 Å². The zero-order valence-electron chi connectivity index (χ0n) is 11.0. The first kappa shape index (κ1) is 15.5. The molecule has 1 aromatic rings. The monoisotopic (exact) mass is 322 g/mol. The van der Waals surface area contributed by atoms with Gasteiger partial charge in [-0.2, -0.15) is 13.2 Å². The third kappa shape index (κ3) is 3.82. The molecule has 1 heterocycles. The van der Waals surface area contributed by atoms with E-state index in [1.165, 1.54) is 23.9 Å². The molecule has 2 nitrogen and oxygen atoms in total. The Balaban J connectivity index is 2.32. The van der Waals surface area contributed by atoms with Crippen LogP contribution in [0.25, 0.3) is 0 Å². The second-order valence-corrected chi connectivity index (χ2v) is 6.66. The topological polar surface area (TPSA) is 24.4 Å². The Morgan fingerprint density at radius 3 is 2.65 bits per heavy atom. The maximum atomic E-state index is 13.0. The van der Waals surface area contributed by atoms with E-state index in [0.717, 1.165) is 18.2 Å². The molecule has 1 aromatic carbocycles. The predicted octanol–water partition coefficient (Wildman–Crippen LogP) is 5.04. The number of benzene rings is 1. The minimum absolute atomic E-state index is 0.0224. The Labute approximate surface area is 124 Å². The van der Waals surface area contributed by atoms with Gasteiger partial charge in [-0.05, 0) is 38.5 Å². The summed E-state index contributed by atoms with van der Waals surface area (Å²) in [5, 5.41) is 3.34. The zero-order valence-corrected chi connectivity index (χ0v) is 12.6. The molecule has 0 bridgehead atoms. The van der Waals surface area contributed by atoms with Gasteiger partial charge in [0.05, 0.1) is 16.8 Å². The van der Waals surface area contributed by atoms with Crippen LogP contribution >= 0.6 is 23.4 Å². The molecular formula is C13H14ClF3N2S. The molecule has 0 radical (unpaired) electrons. The molecule has 0 fully saturated rings. The average molecular weight is 323 g/mol. The lowest BCUT2D eigenvalue weighted by Crippen LogP contribution is -2.27. The van der Waals surface area contributed by atoms with E-state index >= 15 is 0 Å². The van der Waals surface area contributed by atoms with Gasteiger partial charge in [-0.15, -0.1) is 0 Å². The summed E-state index contributed by atoms with van der Waals surface area (Å²) in [5.41, 5.74) is -1.05.